The molecule has 5 nitrogen and oxygen atoms in total. The first-order valence-corrected chi connectivity index (χ1v) is 5.29. The van der Waals surface area contributed by atoms with Crippen molar-refractivity contribution in [1.29, 1.82) is 0 Å². The van der Waals surface area contributed by atoms with Crippen LogP contribution < -0.4 is 11.1 Å². The second kappa shape index (κ2) is 3.52. The average Bonchev–Trinajstić information content (AvgIpc) is 2.72. The maximum Gasteiger partial charge on any atom is 0.147 e. The van der Waals surface area contributed by atoms with E-state index in [-0.39, 0.29) is 0 Å². The van der Waals surface area contributed by atoms with E-state index in [1.165, 1.54) is 5.56 Å². The number of aromatic nitrogens is 3. The molecule has 0 bridgehead atoms. The normalized spacial score (nSPS) is 18.9. The molecule has 3 N–H and O–H groups in total. The van der Waals surface area contributed by atoms with E-state index in [2.05, 4.69) is 15.4 Å². The molecule has 0 spiro atoms. The maximum atomic E-state index is 5.79. The Kier molecular flexibility index (Phi) is 2.02. The lowest BCUT2D eigenvalue weighted by Crippen LogP contribution is -2.26. The summed E-state index contributed by atoms with van der Waals surface area (Å²) in [5, 5.41) is 7.56. The Morgan fingerprint density at radius 2 is 2.19 bits per heavy atom. The molecule has 1 aliphatic rings. The van der Waals surface area contributed by atoms with E-state index in [0.717, 1.165) is 18.9 Å². The molecule has 1 unspecified atom stereocenters. The number of pyridine rings is 1. The van der Waals surface area contributed by atoms with Gasteiger partial charge in [-0.2, -0.15) is 5.10 Å². The second-order valence-corrected chi connectivity index (χ2v) is 3.99. The molecule has 0 saturated carbocycles. The summed E-state index contributed by atoms with van der Waals surface area (Å²) in [6.45, 7) is 1.75. The Morgan fingerprint density at radius 3 is 3.00 bits per heavy atom. The minimum atomic E-state index is 0.426. The third kappa shape index (κ3) is 1.41. The van der Waals surface area contributed by atoms with Gasteiger partial charge in [-0.25, -0.2) is 4.68 Å². The summed E-state index contributed by atoms with van der Waals surface area (Å²) in [5.41, 5.74) is 7.79. The van der Waals surface area contributed by atoms with Gasteiger partial charge in [-0.15, -0.1) is 0 Å². The molecule has 2 aromatic heterocycles. The van der Waals surface area contributed by atoms with E-state index in [9.17, 15) is 0 Å². The molecule has 2 aromatic rings. The highest BCUT2D eigenvalue weighted by atomic mass is 15.3. The zero-order valence-electron chi connectivity index (χ0n) is 8.80. The van der Waals surface area contributed by atoms with Crippen LogP contribution in [0.25, 0.3) is 0 Å². The Labute approximate surface area is 93.3 Å². The van der Waals surface area contributed by atoms with Gasteiger partial charge in [0.25, 0.3) is 0 Å². The molecular weight excluding hydrogens is 202 g/mol. The van der Waals surface area contributed by atoms with Gasteiger partial charge in [0, 0.05) is 24.9 Å². The second-order valence-electron chi connectivity index (χ2n) is 3.99. The summed E-state index contributed by atoms with van der Waals surface area (Å²) in [4.78, 5) is 4.03. The highest BCUT2D eigenvalue weighted by Gasteiger charge is 2.21. The topological polar surface area (TPSA) is 68.8 Å². The van der Waals surface area contributed by atoms with Crippen molar-refractivity contribution in [1.82, 2.24) is 14.8 Å². The molecule has 3 rings (SSSR count). The van der Waals surface area contributed by atoms with E-state index >= 15 is 0 Å². The lowest BCUT2D eigenvalue weighted by Gasteiger charge is -2.25. The van der Waals surface area contributed by atoms with Crippen LogP contribution in [0.1, 0.15) is 11.5 Å². The molecule has 0 aliphatic carbocycles. The van der Waals surface area contributed by atoms with E-state index in [1.54, 1.807) is 6.20 Å². The van der Waals surface area contributed by atoms with Gasteiger partial charge in [-0.05, 0) is 17.7 Å². The van der Waals surface area contributed by atoms with Crippen LogP contribution in [-0.2, 0) is 6.54 Å². The van der Waals surface area contributed by atoms with Crippen molar-refractivity contribution in [3.63, 3.8) is 0 Å². The molecule has 0 fully saturated rings. The Hall–Kier alpha value is -2.04. The van der Waals surface area contributed by atoms with Gasteiger partial charge in [0.15, 0.2) is 0 Å². The molecule has 0 radical (unpaired) electrons. The Bertz CT molecular complexity index is 490. The molecule has 16 heavy (non-hydrogen) atoms. The number of hydrogen-bond acceptors (Lipinski definition) is 4. The van der Waals surface area contributed by atoms with Crippen LogP contribution in [0, 0.1) is 0 Å². The number of hydrogen-bond donors (Lipinski definition) is 2. The summed E-state index contributed by atoms with van der Waals surface area (Å²) in [6, 6.07) is 4.09. The molecule has 0 aromatic carbocycles. The fraction of sp³-hybridized carbons (Fsp3) is 0.273. The minimum Gasteiger partial charge on any atom is -0.394 e. The minimum absolute atomic E-state index is 0.426. The number of anilines is 2. The highest BCUT2D eigenvalue weighted by Crippen LogP contribution is 2.28. The van der Waals surface area contributed by atoms with Crippen LogP contribution in [0.5, 0.6) is 0 Å². The van der Waals surface area contributed by atoms with Gasteiger partial charge in [0.05, 0.1) is 18.4 Å². The van der Waals surface area contributed by atoms with Gasteiger partial charge in [-0.3, -0.25) is 4.98 Å². The molecule has 1 aliphatic heterocycles. The fourth-order valence-electron chi connectivity index (χ4n) is 2.08. The maximum absolute atomic E-state index is 5.79. The van der Waals surface area contributed by atoms with Crippen LogP contribution in [-0.4, -0.2) is 21.3 Å². The van der Waals surface area contributed by atoms with E-state index < -0.39 is 0 Å². The van der Waals surface area contributed by atoms with E-state index in [0.29, 0.717) is 11.6 Å². The first kappa shape index (κ1) is 9.21. The fourth-order valence-corrected chi connectivity index (χ4v) is 2.08. The molecule has 3 heterocycles. The summed E-state index contributed by atoms with van der Waals surface area (Å²) < 4.78 is 1.92. The molecule has 0 amide bonds. The van der Waals surface area contributed by atoms with Crippen molar-refractivity contribution in [3.8, 4) is 0 Å². The summed E-state index contributed by atoms with van der Waals surface area (Å²) in [7, 11) is 0. The van der Waals surface area contributed by atoms with Crippen LogP contribution in [0.3, 0.4) is 0 Å². The number of nitrogen functional groups attached to an aromatic ring is 1. The van der Waals surface area contributed by atoms with Crippen molar-refractivity contribution in [2.75, 3.05) is 17.6 Å². The van der Waals surface area contributed by atoms with Crippen molar-refractivity contribution < 1.29 is 0 Å². The van der Waals surface area contributed by atoms with Crippen molar-refractivity contribution in [2.24, 2.45) is 0 Å². The molecule has 5 heteroatoms. The van der Waals surface area contributed by atoms with Gasteiger partial charge in [-0.1, -0.05) is 0 Å². The number of nitrogens with two attached hydrogens (primary N) is 1. The quantitative estimate of drug-likeness (QED) is 0.746. The number of nitrogens with one attached hydrogen (secondary N) is 1. The Balaban J connectivity index is 1.89. The number of rotatable bonds is 1. The molecule has 1 atom stereocenters. The van der Waals surface area contributed by atoms with Crippen LogP contribution >= 0.6 is 0 Å². The first-order chi connectivity index (χ1) is 7.84. The summed E-state index contributed by atoms with van der Waals surface area (Å²) in [6.07, 6.45) is 5.34. The third-order valence-corrected chi connectivity index (χ3v) is 2.95. The largest absolute Gasteiger partial charge is 0.394 e. The molecule has 82 valence electrons. The zero-order chi connectivity index (χ0) is 11.0. The SMILES string of the molecule is Nc1cnn2c1NCC(c1ccncc1)C2. The molecule has 0 saturated heterocycles. The standard InChI is InChI=1S/C11H13N5/c12-10-6-15-16-7-9(5-14-11(10)16)8-1-3-13-4-2-8/h1-4,6,9,14H,5,7,12H2. The first-order valence-electron chi connectivity index (χ1n) is 5.29. The van der Waals surface area contributed by atoms with Gasteiger partial charge in [0.2, 0.25) is 0 Å². The Morgan fingerprint density at radius 1 is 1.38 bits per heavy atom. The smallest absolute Gasteiger partial charge is 0.147 e. The van der Waals surface area contributed by atoms with Crippen molar-refractivity contribution in [3.05, 3.63) is 36.3 Å². The number of fused-ring (bicyclic) bond motifs is 1. The van der Waals surface area contributed by atoms with Gasteiger partial charge in [0.1, 0.15) is 5.82 Å². The van der Waals surface area contributed by atoms with Crippen LogP contribution in [0.2, 0.25) is 0 Å². The summed E-state index contributed by atoms with van der Waals surface area (Å²) in [5.74, 6) is 1.36. The van der Waals surface area contributed by atoms with Gasteiger partial charge >= 0.3 is 0 Å². The molecular formula is C11H13N5. The lowest BCUT2D eigenvalue weighted by molar-refractivity contribution is 0.505. The summed E-state index contributed by atoms with van der Waals surface area (Å²) >= 11 is 0. The average molecular weight is 215 g/mol. The monoisotopic (exact) mass is 215 g/mol. The lowest BCUT2D eigenvalue weighted by atomic mass is 9.99. The highest BCUT2D eigenvalue weighted by molar-refractivity contribution is 5.61. The van der Waals surface area contributed by atoms with Crippen LogP contribution in [0.4, 0.5) is 11.5 Å². The van der Waals surface area contributed by atoms with E-state index in [4.69, 9.17) is 5.73 Å². The van der Waals surface area contributed by atoms with Crippen LogP contribution in [0.15, 0.2) is 30.7 Å². The predicted molar refractivity (Wildman–Crippen MR) is 62.1 cm³/mol. The van der Waals surface area contributed by atoms with Gasteiger partial charge < -0.3 is 11.1 Å². The van der Waals surface area contributed by atoms with Crippen molar-refractivity contribution in [2.45, 2.75) is 12.5 Å². The zero-order valence-corrected chi connectivity index (χ0v) is 8.80. The predicted octanol–water partition coefficient (Wildman–Crippen LogP) is 1.07. The van der Waals surface area contributed by atoms with Crippen molar-refractivity contribution >= 4 is 11.5 Å². The number of nitrogens with zero attached hydrogens (tertiary/aromatic N) is 3. The third-order valence-electron chi connectivity index (χ3n) is 2.95. The van der Waals surface area contributed by atoms with E-state index in [1.807, 2.05) is 29.2 Å².